The molecule has 1 atom stereocenters. The topological polar surface area (TPSA) is 108 Å². The van der Waals surface area contributed by atoms with Gasteiger partial charge in [0.25, 0.3) is 0 Å². The van der Waals surface area contributed by atoms with Gasteiger partial charge in [0.15, 0.2) is 5.82 Å². The van der Waals surface area contributed by atoms with Crippen molar-refractivity contribution in [2.24, 2.45) is 0 Å². The molecule has 136 valence electrons. The van der Waals surface area contributed by atoms with Gasteiger partial charge in [-0.1, -0.05) is 29.1 Å². The number of carbonyl (C=O) groups is 1. The number of benzene rings is 1. The first-order chi connectivity index (χ1) is 12.6. The third kappa shape index (κ3) is 4.02. The Bertz CT molecular complexity index is 894. The van der Waals surface area contributed by atoms with Crippen LogP contribution in [0, 0.1) is 6.92 Å². The first-order valence-electron chi connectivity index (χ1n) is 8.00. The summed E-state index contributed by atoms with van der Waals surface area (Å²) < 4.78 is 12.1. The number of hydrogen-bond acceptors (Lipinski definition) is 8. The zero-order valence-electron chi connectivity index (χ0n) is 14.5. The first-order valence-corrected chi connectivity index (χ1v) is 8.88. The summed E-state index contributed by atoms with van der Waals surface area (Å²) in [4.78, 5) is 12.3. The number of ether oxygens (including phenoxy) is 1. The van der Waals surface area contributed by atoms with Crippen LogP contribution in [0.15, 0.2) is 40.0 Å². The maximum Gasteiger partial charge on any atom is 0.238 e. The van der Waals surface area contributed by atoms with E-state index in [2.05, 4.69) is 26.0 Å². The lowest BCUT2D eigenvalue weighted by atomic mass is 10.3. The number of nitrogens with zero attached hydrogens (tertiary/aromatic N) is 5. The number of carbonyl (C=O) groups excluding carboxylic acids is 1. The van der Waals surface area contributed by atoms with Gasteiger partial charge in [-0.25, -0.2) is 0 Å². The quantitative estimate of drug-likeness (QED) is 0.628. The van der Waals surface area contributed by atoms with Gasteiger partial charge in [0.05, 0.1) is 11.9 Å². The Kier molecular flexibility index (Phi) is 5.52. The highest BCUT2D eigenvalue weighted by Crippen LogP contribution is 2.28. The second-order valence-corrected chi connectivity index (χ2v) is 6.65. The molecular weight excluding hydrogens is 356 g/mol. The van der Waals surface area contributed by atoms with Crippen LogP contribution in [0.1, 0.15) is 19.6 Å². The fraction of sp³-hybridized carbons (Fsp3) is 0.312. The van der Waals surface area contributed by atoms with E-state index in [1.807, 2.05) is 31.2 Å². The van der Waals surface area contributed by atoms with Gasteiger partial charge in [-0.3, -0.25) is 4.79 Å². The summed E-state index contributed by atoms with van der Waals surface area (Å²) in [6.45, 7) is 5.95. The molecule has 0 saturated heterocycles. The number of anilines is 1. The largest absolute Gasteiger partial charge is 0.492 e. The van der Waals surface area contributed by atoms with Crippen molar-refractivity contribution in [2.45, 2.75) is 31.2 Å². The van der Waals surface area contributed by atoms with E-state index in [0.717, 1.165) is 0 Å². The monoisotopic (exact) mass is 374 g/mol. The Labute approximate surface area is 154 Å². The Morgan fingerprint density at radius 3 is 2.96 bits per heavy atom. The smallest absolute Gasteiger partial charge is 0.238 e. The van der Waals surface area contributed by atoms with Crippen molar-refractivity contribution in [1.29, 1.82) is 0 Å². The summed E-state index contributed by atoms with van der Waals surface area (Å²) in [6.07, 6.45) is 0. The number of para-hydroxylation sites is 2. The third-order valence-electron chi connectivity index (χ3n) is 3.36. The molecule has 0 bridgehead atoms. The summed E-state index contributed by atoms with van der Waals surface area (Å²) in [7, 11) is 0. The lowest BCUT2D eigenvalue weighted by molar-refractivity contribution is -0.115. The Morgan fingerprint density at radius 1 is 1.42 bits per heavy atom. The molecule has 0 spiro atoms. The molecular formula is C16H18N6O3S. The standard InChI is InChI=1S/C16H18N6O3S/c1-4-24-13-8-6-5-7-12(13)22-16(18-20-21-22)26-11(3)15(23)17-14-9-10(2)25-19-14/h5-9,11H,4H2,1-3H3,(H,17,19,23). The minimum atomic E-state index is -0.448. The molecule has 2 aromatic heterocycles. The predicted molar refractivity (Wildman–Crippen MR) is 95.5 cm³/mol. The van der Waals surface area contributed by atoms with Crippen molar-refractivity contribution in [1.82, 2.24) is 25.4 Å². The van der Waals surface area contributed by atoms with Gasteiger partial charge >= 0.3 is 0 Å². The maximum atomic E-state index is 12.3. The van der Waals surface area contributed by atoms with Crippen LogP contribution < -0.4 is 10.1 Å². The molecule has 0 aliphatic rings. The summed E-state index contributed by atoms with van der Waals surface area (Å²) in [5.74, 6) is 1.44. The number of rotatable bonds is 7. The van der Waals surface area contributed by atoms with Crippen LogP contribution in [0.2, 0.25) is 0 Å². The molecule has 3 aromatic rings. The zero-order valence-corrected chi connectivity index (χ0v) is 15.4. The van der Waals surface area contributed by atoms with Gasteiger partial charge in [-0.15, -0.1) is 5.10 Å². The van der Waals surface area contributed by atoms with E-state index in [1.165, 1.54) is 11.8 Å². The van der Waals surface area contributed by atoms with Gasteiger partial charge in [0.1, 0.15) is 17.2 Å². The molecule has 2 heterocycles. The van der Waals surface area contributed by atoms with Gasteiger partial charge in [-0.2, -0.15) is 4.68 Å². The second-order valence-electron chi connectivity index (χ2n) is 5.35. The Hall–Kier alpha value is -2.88. The van der Waals surface area contributed by atoms with Gasteiger partial charge < -0.3 is 14.6 Å². The van der Waals surface area contributed by atoms with E-state index < -0.39 is 5.25 Å². The average molecular weight is 374 g/mol. The van der Waals surface area contributed by atoms with Crippen LogP contribution in [0.25, 0.3) is 5.69 Å². The lowest BCUT2D eigenvalue weighted by Crippen LogP contribution is -2.23. The molecule has 0 aliphatic carbocycles. The number of hydrogen-bond donors (Lipinski definition) is 1. The fourth-order valence-electron chi connectivity index (χ4n) is 2.18. The summed E-state index contributed by atoms with van der Waals surface area (Å²) in [5, 5.41) is 18.3. The molecule has 0 aliphatic heterocycles. The van der Waals surface area contributed by atoms with Crippen LogP contribution in [0.5, 0.6) is 5.75 Å². The average Bonchev–Trinajstić information content (AvgIpc) is 3.24. The van der Waals surface area contributed by atoms with Gasteiger partial charge in [0, 0.05) is 6.07 Å². The molecule has 1 unspecified atom stereocenters. The van der Waals surface area contributed by atoms with E-state index in [-0.39, 0.29) is 5.91 Å². The van der Waals surface area contributed by atoms with Gasteiger partial charge in [0.2, 0.25) is 11.1 Å². The number of tetrazole rings is 1. The van der Waals surface area contributed by atoms with Crippen molar-refractivity contribution < 1.29 is 14.1 Å². The summed E-state index contributed by atoms with van der Waals surface area (Å²) in [5.41, 5.74) is 0.710. The third-order valence-corrected chi connectivity index (χ3v) is 4.40. The maximum absolute atomic E-state index is 12.3. The van der Waals surface area contributed by atoms with E-state index in [9.17, 15) is 4.79 Å². The highest BCUT2D eigenvalue weighted by atomic mass is 32.2. The van der Waals surface area contributed by atoms with Crippen LogP contribution in [-0.4, -0.2) is 43.1 Å². The molecule has 3 rings (SSSR count). The lowest BCUT2D eigenvalue weighted by Gasteiger charge is -2.12. The highest BCUT2D eigenvalue weighted by Gasteiger charge is 2.21. The zero-order chi connectivity index (χ0) is 18.5. The number of amides is 1. The molecule has 10 heteroatoms. The first kappa shape index (κ1) is 17.9. The number of aromatic nitrogens is 5. The summed E-state index contributed by atoms with van der Waals surface area (Å²) >= 11 is 1.23. The Balaban J connectivity index is 1.75. The molecule has 26 heavy (non-hydrogen) atoms. The number of nitrogens with one attached hydrogen (secondary N) is 1. The fourth-order valence-corrected chi connectivity index (χ4v) is 2.98. The molecule has 0 saturated carbocycles. The van der Waals surface area contributed by atoms with Crippen LogP contribution in [-0.2, 0) is 4.79 Å². The molecule has 0 radical (unpaired) electrons. The van der Waals surface area contributed by atoms with E-state index in [4.69, 9.17) is 9.26 Å². The predicted octanol–water partition coefficient (Wildman–Crippen LogP) is 2.48. The normalized spacial score (nSPS) is 12.0. The van der Waals surface area contributed by atoms with Crippen molar-refractivity contribution in [3.63, 3.8) is 0 Å². The number of aryl methyl sites for hydroxylation is 1. The van der Waals surface area contributed by atoms with E-state index in [1.54, 1.807) is 24.6 Å². The van der Waals surface area contributed by atoms with Crippen molar-refractivity contribution >= 4 is 23.5 Å². The molecule has 1 aromatic carbocycles. The van der Waals surface area contributed by atoms with Crippen molar-refractivity contribution in [3.8, 4) is 11.4 Å². The molecule has 1 amide bonds. The molecule has 9 nitrogen and oxygen atoms in total. The van der Waals surface area contributed by atoms with Crippen LogP contribution in [0.4, 0.5) is 5.82 Å². The van der Waals surface area contributed by atoms with Gasteiger partial charge in [-0.05, 0) is 43.3 Å². The molecule has 1 N–H and O–H groups in total. The number of thioether (sulfide) groups is 1. The molecule has 0 fully saturated rings. The highest BCUT2D eigenvalue weighted by molar-refractivity contribution is 8.00. The second kappa shape index (κ2) is 8.00. The minimum Gasteiger partial charge on any atom is -0.492 e. The van der Waals surface area contributed by atoms with E-state index in [0.29, 0.717) is 34.8 Å². The summed E-state index contributed by atoms with van der Waals surface area (Å²) in [6, 6.07) is 9.10. The van der Waals surface area contributed by atoms with Crippen molar-refractivity contribution in [2.75, 3.05) is 11.9 Å². The van der Waals surface area contributed by atoms with Crippen molar-refractivity contribution in [3.05, 3.63) is 36.1 Å². The Morgan fingerprint density at radius 2 is 2.23 bits per heavy atom. The minimum absolute atomic E-state index is 0.226. The SMILES string of the molecule is CCOc1ccccc1-n1nnnc1SC(C)C(=O)Nc1cc(C)on1. The van der Waals surface area contributed by atoms with E-state index >= 15 is 0 Å². The van der Waals surface area contributed by atoms with Crippen LogP contribution >= 0.6 is 11.8 Å². The van der Waals surface area contributed by atoms with Crippen LogP contribution in [0.3, 0.4) is 0 Å².